The zero-order valence-corrected chi connectivity index (χ0v) is 17.5. The topological polar surface area (TPSA) is 61.0 Å². The monoisotopic (exact) mass is 458 g/mol. The second kappa shape index (κ2) is 8.37. The van der Waals surface area contributed by atoms with Crippen molar-refractivity contribution in [3.8, 4) is 11.3 Å². The van der Waals surface area contributed by atoms with Gasteiger partial charge in [-0.2, -0.15) is 5.10 Å². The molecule has 28 heavy (non-hydrogen) atoms. The molecule has 5 nitrogen and oxygen atoms in total. The number of carbonyl (C=O) groups excluding carboxylic acids is 1. The van der Waals surface area contributed by atoms with E-state index in [1.165, 1.54) is 0 Å². The Morgan fingerprint density at radius 1 is 1.21 bits per heavy atom. The van der Waals surface area contributed by atoms with Crippen LogP contribution >= 0.6 is 27.5 Å². The van der Waals surface area contributed by atoms with Gasteiger partial charge in [-0.3, -0.25) is 9.89 Å². The number of nitrogens with zero attached hydrogens (tertiary/aromatic N) is 2. The third kappa shape index (κ3) is 4.23. The number of piperidine rings is 1. The number of carbonyl (C=O) groups is 1. The fourth-order valence-electron chi connectivity index (χ4n) is 3.46. The lowest BCUT2D eigenvalue weighted by atomic mass is 10.0. The van der Waals surface area contributed by atoms with Crippen molar-refractivity contribution in [2.24, 2.45) is 0 Å². The molecule has 2 heterocycles. The standard InChI is InChI=1S/C21H20BrClN4O/c22-18-6-2-1-5-17(18)21(28)24-16-4-3-11-27(13-16)20-12-19(25-26-20)14-7-9-15(23)10-8-14/h1-2,5-10,12,16H,3-4,11,13H2,(H,24,28)(H,25,26). The first-order chi connectivity index (χ1) is 13.6. The van der Waals surface area contributed by atoms with Gasteiger partial charge in [-0.1, -0.05) is 35.9 Å². The van der Waals surface area contributed by atoms with Gasteiger partial charge in [0.05, 0.1) is 11.3 Å². The summed E-state index contributed by atoms with van der Waals surface area (Å²) < 4.78 is 0.806. The molecular weight excluding hydrogens is 440 g/mol. The van der Waals surface area contributed by atoms with Gasteiger partial charge < -0.3 is 10.2 Å². The summed E-state index contributed by atoms with van der Waals surface area (Å²) >= 11 is 9.41. The van der Waals surface area contributed by atoms with Crippen LogP contribution in [-0.2, 0) is 0 Å². The summed E-state index contributed by atoms with van der Waals surface area (Å²) in [6, 6.07) is 17.3. The molecule has 1 saturated heterocycles. The van der Waals surface area contributed by atoms with Gasteiger partial charge in [0, 0.05) is 34.7 Å². The Morgan fingerprint density at radius 3 is 2.79 bits per heavy atom. The molecule has 1 unspecified atom stereocenters. The van der Waals surface area contributed by atoms with Gasteiger partial charge >= 0.3 is 0 Å². The van der Waals surface area contributed by atoms with Gasteiger partial charge in [0.2, 0.25) is 0 Å². The Hall–Kier alpha value is -2.31. The maximum atomic E-state index is 12.6. The maximum absolute atomic E-state index is 12.6. The zero-order valence-electron chi connectivity index (χ0n) is 15.2. The van der Waals surface area contributed by atoms with Crippen LogP contribution in [0.5, 0.6) is 0 Å². The van der Waals surface area contributed by atoms with E-state index in [0.717, 1.165) is 47.5 Å². The predicted molar refractivity (Wildman–Crippen MR) is 116 cm³/mol. The second-order valence-electron chi connectivity index (χ2n) is 6.89. The molecule has 0 radical (unpaired) electrons. The number of aromatic nitrogens is 2. The van der Waals surface area contributed by atoms with E-state index in [4.69, 9.17) is 11.6 Å². The van der Waals surface area contributed by atoms with Crippen LogP contribution in [0.4, 0.5) is 5.82 Å². The number of H-pyrrole nitrogens is 1. The summed E-state index contributed by atoms with van der Waals surface area (Å²) in [6.45, 7) is 1.66. The summed E-state index contributed by atoms with van der Waals surface area (Å²) in [7, 11) is 0. The van der Waals surface area contributed by atoms with Gasteiger partial charge in [0.25, 0.3) is 5.91 Å². The average Bonchev–Trinajstić information content (AvgIpc) is 3.19. The number of rotatable bonds is 4. The Bertz CT molecular complexity index is 973. The Morgan fingerprint density at radius 2 is 2.00 bits per heavy atom. The second-order valence-corrected chi connectivity index (χ2v) is 8.18. The van der Waals surface area contributed by atoms with Crippen LogP contribution in [0.2, 0.25) is 5.02 Å². The molecule has 1 amide bonds. The Balaban J connectivity index is 1.43. The summed E-state index contributed by atoms with van der Waals surface area (Å²) in [5.74, 6) is 0.841. The number of benzene rings is 2. The van der Waals surface area contributed by atoms with Gasteiger partial charge in [-0.25, -0.2) is 0 Å². The normalized spacial score (nSPS) is 16.8. The number of amides is 1. The Kier molecular flexibility index (Phi) is 5.69. The molecule has 144 valence electrons. The van der Waals surface area contributed by atoms with Gasteiger partial charge in [0.15, 0.2) is 5.82 Å². The largest absolute Gasteiger partial charge is 0.353 e. The van der Waals surface area contributed by atoms with E-state index in [0.29, 0.717) is 10.6 Å². The van der Waals surface area contributed by atoms with E-state index in [-0.39, 0.29) is 11.9 Å². The molecule has 1 fully saturated rings. The lowest BCUT2D eigenvalue weighted by Gasteiger charge is -2.33. The predicted octanol–water partition coefficient (Wildman–Crippen LogP) is 4.89. The van der Waals surface area contributed by atoms with E-state index in [9.17, 15) is 4.79 Å². The first-order valence-corrected chi connectivity index (χ1v) is 10.4. The molecule has 1 aliphatic heterocycles. The highest BCUT2D eigenvalue weighted by atomic mass is 79.9. The molecule has 1 aliphatic rings. The minimum atomic E-state index is -0.0526. The molecule has 0 bridgehead atoms. The zero-order chi connectivity index (χ0) is 19.5. The van der Waals surface area contributed by atoms with Crippen molar-refractivity contribution < 1.29 is 4.79 Å². The van der Waals surface area contributed by atoms with E-state index in [2.05, 4.69) is 36.3 Å². The summed E-state index contributed by atoms with van der Waals surface area (Å²) in [4.78, 5) is 14.8. The van der Waals surface area contributed by atoms with Crippen LogP contribution in [0.3, 0.4) is 0 Å². The lowest BCUT2D eigenvalue weighted by molar-refractivity contribution is 0.0932. The van der Waals surface area contributed by atoms with Crippen LogP contribution < -0.4 is 10.2 Å². The number of hydrogen-bond donors (Lipinski definition) is 2. The highest BCUT2D eigenvalue weighted by Crippen LogP contribution is 2.25. The fraction of sp³-hybridized carbons (Fsp3) is 0.238. The number of aromatic amines is 1. The van der Waals surface area contributed by atoms with Crippen LogP contribution in [0, 0.1) is 0 Å². The third-order valence-corrected chi connectivity index (χ3v) is 5.86. The first-order valence-electron chi connectivity index (χ1n) is 9.22. The number of nitrogens with one attached hydrogen (secondary N) is 2. The van der Waals surface area contributed by atoms with Crippen molar-refractivity contribution in [2.75, 3.05) is 18.0 Å². The van der Waals surface area contributed by atoms with Crippen LogP contribution in [0.25, 0.3) is 11.3 Å². The van der Waals surface area contributed by atoms with Crippen molar-refractivity contribution in [3.05, 3.63) is 69.7 Å². The third-order valence-electron chi connectivity index (χ3n) is 4.92. The van der Waals surface area contributed by atoms with Crippen molar-refractivity contribution in [3.63, 3.8) is 0 Å². The van der Waals surface area contributed by atoms with Gasteiger partial charge in [0.1, 0.15) is 0 Å². The van der Waals surface area contributed by atoms with Crippen molar-refractivity contribution in [1.82, 2.24) is 15.5 Å². The molecule has 2 N–H and O–H groups in total. The van der Waals surface area contributed by atoms with Gasteiger partial charge in [-0.05, 0) is 58.6 Å². The minimum absolute atomic E-state index is 0.0526. The quantitative estimate of drug-likeness (QED) is 0.584. The molecule has 1 aromatic heterocycles. The molecule has 1 atom stereocenters. The fourth-order valence-corrected chi connectivity index (χ4v) is 4.05. The minimum Gasteiger partial charge on any atom is -0.353 e. The van der Waals surface area contributed by atoms with E-state index >= 15 is 0 Å². The summed E-state index contributed by atoms with van der Waals surface area (Å²) in [6.07, 6.45) is 1.96. The van der Waals surface area contributed by atoms with E-state index in [1.807, 2.05) is 54.6 Å². The summed E-state index contributed by atoms with van der Waals surface area (Å²) in [5, 5.41) is 11.4. The van der Waals surface area contributed by atoms with Crippen LogP contribution in [0.1, 0.15) is 23.2 Å². The van der Waals surface area contributed by atoms with Crippen molar-refractivity contribution in [1.29, 1.82) is 0 Å². The molecule has 0 spiro atoms. The SMILES string of the molecule is O=C(NC1CCCN(c2cc(-c3ccc(Cl)cc3)[nH]n2)C1)c1ccccc1Br. The lowest BCUT2D eigenvalue weighted by Crippen LogP contribution is -2.48. The smallest absolute Gasteiger partial charge is 0.252 e. The van der Waals surface area contributed by atoms with Crippen molar-refractivity contribution >= 4 is 39.3 Å². The molecule has 7 heteroatoms. The molecule has 0 aliphatic carbocycles. The van der Waals surface area contributed by atoms with E-state index < -0.39 is 0 Å². The van der Waals surface area contributed by atoms with Crippen molar-refractivity contribution in [2.45, 2.75) is 18.9 Å². The number of halogens is 2. The maximum Gasteiger partial charge on any atom is 0.252 e. The van der Waals surface area contributed by atoms with Crippen LogP contribution in [0.15, 0.2) is 59.1 Å². The highest BCUT2D eigenvalue weighted by Gasteiger charge is 2.24. The number of hydrogen-bond acceptors (Lipinski definition) is 3. The molecule has 0 saturated carbocycles. The van der Waals surface area contributed by atoms with E-state index in [1.54, 1.807) is 0 Å². The molecule has 4 rings (SSSR count). The first kappa shape index (κ1) is 19.0. The molecule has 2 aromatic carbocycles. The molecular formula is C21H20BrClN4O. The highest BCUT2D eigenvalue weighted by molar-refractivity contribution is 9.10. The van der Waals surface area contributed by atoms with Crippen LogP contribution in [-0.4, -0.2) is 35.2 Å². The average molecular weight is 460 g/mol. The molecule has 3 aromatic rings. The Labute approximate surface area is 177 Å². The number of anilines is 1. The summed E-state index contributed by atoms with van der Waals surface area (Å²) in [5.41, 5.74) is 2.65. The van der Waals surface area contributed by atoms with Gasteiger partial charge in [-0.15, -0.1) is 0 Å².